The van der Waals surface area contributed by atoms with Gasteiger partial charge in [0.25, 0.3) is 6.01 Å². The second-order valence-corrected chi connectivity index (χ2v) is 29.2. The molecule has 109 heavy (non-hydrogen) atoms. The zero-order valence-corrected chi connectivity index (χ0v) is 62.9. The summed E-state index contributed by atoms with van der Waals surface area (Å²) < 4.78 is 67.7. The lowest BCUT2D eigenvalue weighted by Gasteiger charge is -2.32. The lowest BCUT2D eigenvalue weighted by Crippen LogP contribution is -2.41. The maximum Gasteiger partial charge on any atom is 0.494 e. The molecule has 6 aromatic heterocycles. The molecular formula is C70H84B6N12O21. The number of fused-ring (bicyclic) bond motifs is 6. The summed E-state index contributed by atoms with van der Waals surface area (Å²) in [5, 5.41) is 82.0. The Bertz CT molecular complexity index is 5140. The molecule has 3 aliphatic heterocycles. The Labute approximate surface area is 626 Å². The molecule has 1 saturated carbocycles. The first-order valence-electron chi connectivity index (χ1n) is 34.8. The summed E-state index contributed by atoms with van der Waals surface area (Å²) in [4.78, 5) is 44.5. The fourth-order valence-corrected chi connectivity index (χ4v) is 10.9. The van der Waals surface area contributed by atoms with E-state index in [9.17, 15) is 14.4 Å². The van der Waals surface area contributed by atoms with Crippen molar-refractivity contribution >= 4 is 195 Å². The van der Waals surface area contributed by atoms with Gasteiger partial charge in [0, 0.05) is 33.9 Å². The van der Waals surface area contributed by atoms with Crippen molar-refractivity contribution in [3.63, 3.8) is 0 Å². The fraction of sp³-hybridized carbons (Fsp3) is 0.357. The smallest absolute Gasteiger partial charge is 0.424 e. The van der Waals surface area contributed by atoms with Crippen molar-refractivity contribution in [3.05, 3.63) is 109 Å². The molecule has 13 N–H and O–H groups in total. The van der Waals surface area contributed by atoms with Gasteiger partial charge in [-0.05, 0) is 201 Å². The molecule has 9 heterocycles. The minimum atomic E-state index is -1.56. The van der Waals surface area contributed by atoms with Crippen LogP contribution in [0.25, 0.3) is 66.2 Å². The summed E-state index contributed by atoms with van der Waals surface area (Å²) in [6, 6.07) is 31.9. The number of benzene rings is 6. The molecule has 0 radical (unpaired) electrons. The average Bonchev–Trinajstić information content (AvgIpc) is 1.63. The van der Waals surface area contributed by atoms with Gasteiger partial charge in [-0.3, -0.25) is 25.0 Å². The zero-order chi connectivity index (χ0) is 79.0. The van der Waals surface area contributed by atoms with E-state index in [0.717, 1.165) is 55.3 Å². The van der Waals surface area contributed by atoms with Gasteiger partial charge in [0.15, 0.2) is 51.0 Å². The number of nitrogens with one attached hydrogen (secondary N) is 5. The first-order valence-corrected chi connectivity index (χ1v) is 34.8. The van der Waals surface area contributed by atoms with E-state index in [1.807, 2.05) is 111 Å². The largest absolute Gasteiger partial charge is 0.494 e. The lowest BCUT2D eigenvalue weighted by atomic mass is 9.78. The van der Waals surface area contributed by atoms with Crippen LogP contribution in [0.3, 0.4) is 0 Å². The maximum absolute atomic E-state index is 11.1. The van der Waals surface area contributed by atoms with Crippen LogP contribution in [-0.4, -0.2) is 168 Å². The third kappa shape index (κ3) is 18.4. The van der Waals surface area contributed by atoms with Crippen LogP contribution in [0.15, 0.2) is 136 Å². The van der Waals surface area contributed by atoms with E-state index in [4.69, 9.17) is 90.6 Å². The van der Waals surface area contributed by atoms with Crippen LogP contribution < -0.4 is 65.1 Å². The second kappa shape index (κ2) is 31.4. The Morgan fingerprint density at radius 2 is 0.789 bits per heavy atom. The molecule has 12 aromatic rings. The van der Waals surface area contributed by atoms with Gasteiger partial charge in [0.05, 0.1) is 49.8 Å². The predicted molar refractivity (Wildman–Crippen MR) is 414 cm³/mol. The molecule has 16 rings (SSSR count). The third-order valence-electron chi connectivity index (χ3n) is 19.2. The van der Waals surface area contributed by atoms with Gasteiger partial charge >= 0.3 is 54.7 Å². The fourth-order valence-electron chi connectivity index (χ4n) is 10.9. The number of hydrogen-bond donors (Lipinski definition) is 12. The predicted octanol–water partition coefficient (Wildman–Crippen LogP) is 4.98. The Morgan fingerprint density at radius 3 is 1.25 bits per heavy atom. The Kier molecular flexibility index (Phi) is 23.1. The number of nitrogen functional groups attached to an aromatic ring is 1. The van der Waals surface area contributed by atoms with E-state index in [2.05, 4.69) is 90.8 Å². The minimum absolute atomic E-state index is 0.0691. The van der Waals surface area contributed by atoms with Crippen LogP contribution in [0, 0.1) is 0 Å². The number of amides is 3. The molecule has 1 aliphatic carbocycles. The first-order chi connectivity index (χ1) is 51.2. The number of nitrogens with two attached hydrogens (primary N) is 1. The highest BCUT2D eigenvalue weighted by Gasteiger charge is 2.54. The van der Waals surface area contributed by atoms with E-state index in [1.165, 1.54) is 63.9 Å². The van der Waals surface area contributed by atoms with E-state index in [1.54, 1.807) is 24.3 Å². The monoisotopic (exact) mass is 1490 g/mol. The Morgan fingerprint density at radius 1 is 0.413 bits per heavy atom. The molecular weight excluding hydrogens is 1410 g/mol. The second-order valence-electron chi connectivity index (χ2n) is 29.2. The molecule has 4 fully saturated rings. The normalized spacial score (nSPS) is 16.7. The van der Waals surface area contributed by atoms with Gasteiger partial charge < -0.3 is 107 Å². The van der Waals surface area contributed by atoms with Crippen molar-refractivity contribution in [1.82, 2.24) is 30.4 Å². The van der Waals surface area contributed by atoms with Crippen molar-refractivity contribution in [2.24, 2.45) is 0 Å². The molecule has 0 atom stereocenters. The highest BCUT2D eigenvalue weighted by molar-refractivity contribution is 6.64. The Balaban J connectivity index is 0.000000131. The number of nitrogens with zero attached hydrogens (tertiary/aromatic N) is 6. The quantitative estimate of drug-likeness (QED) is 0.0718. The van der Waals surface area contributed by atoms with Gasteiger partial charge in [-0.25, -0.2) is 0 Å². The zero-order valence-electron chi connectivity index (χ0n) is 62.9. The lowest BCUT2D eigenvalue weighted by molar-refractivity contribution is -0.115. The molecule has 0 bridgehead atoms. The summed E-state index contributed by atoms with van der Waals surface area (Å²) in [6.45, 7) is 28.6. The summed E-state index contributed by atoms with van der Waals surface area (Å²) in [5.41, 5.74) is 12.0. The molecule has 3 amide bonds. The Hall–Kier alpha value is -10.1. The number of oxazole rings is 3. The molecule has 0 unspecified atom stereocenters. The van der Waals surface area contributed by atoms with E-state index >= 15 is 0 Å². The van der Waals surface area contributed by atoms with Crippen molar-refractivity contribution in [2.45, 2.75) is 156 Å². The van der Waals surface area contributed by atoms with Crippen LogP contribution in [-0.2, 0) is 42.3 Å². The summed E-state index contributed by atoms with van der Waals surface area (Å²) in [5.74, 6) is 1.20. The molecule has 3 saturated heterocycles. The van der Waals surface area contributed by atoms with Crippen LogP contribution in [0.2, 0.25) is 0 Å². The van der Waals surface area contributed by atoms with Crippen LogP contribution >= 0.6 is 0 Å². The SMILES string of the molecule is CC(=O)Nc1nc2cc(B(O)O)ccc2o1.CC(=O)Nc1nc2ccc(B(O)O)cc2o1.CC(=O)Nc1noc2cc(B3OC(C)(C)C(C)(C)O3)ccc12.CC1(C)OB(c2ccc3onc(NC4CC4)c3c2)OC1(C)C.CNc1noc2ccc(B3OC(C)(C)C(C)(C)O3)cc12.Nc1nc2ccc(B(O)O)cc2o1. The van der Waals surface area contributed by atoms with Crippen molar-refractivity contribution in [1.29, 1.82) is 0 Å². The molecule has 33 nitrogen and oxygen atoms in total. The molecule has 6 aromatic carbocycles. The number of rotatable bonds is 12. The molecule has 0 spiro atoms. The molecule has 4 aliphatic rings. The van der Waals surface area contributed by atoms with Gasteiger partial charge in [-0.15, -0.1) is 0 Å². The average molecular weight is 1490 g/mol. The summed E-state index contributed by atoms with van der Waals surface area (Å²) >= 11 is 0. The third-order valence-corrected chi connectivity index (χ3v) is 19.2. The van der Waals surface area contributed by atoms with Gasteiger partial charge in [0.2, 0.25) is 17.7 Å². The first kappa shape index (κ1) is 79.9. The number of aromatic nitrogens is 6. The topological polar surface area (TPSA) is 470 Å². The number of carbonyl (C=O) groups excluding carboxylic acids is 3. The van der Waals surface area contributed by atoms with Gasteiger partial charge in [-0.1, -0.05) is 51.9 Å². The molecule has 568 valence electrons. The maximum atomic E-state index is 11.1. The number of carbonyl (C=O) groups is 3. The highest BCUT2D eigenvalue weighted by Crippen LogP contribution is 2.40. The van der Waals surface area contributed by atoms with Crippen molar-refractivity contribution in [3.8, 4) is 0 Å². The number of anilines is 6. The highest BCUT2D eigenvalue weighted by atomic mass is 16.7. The van der Waals surface area contributed by atoms with Crippen molar-refractivity contribution in [2.75, 3.05) is 39.4 Å². The summed E-state index contributed by atoms with van der Waals surface area (Å²) in [6.07, 6.45) is 2.40. The number of hydrogen-bond acceptors (Lipinski definition) is 30. The van der Waals surface area contributed by atoms with E-state index in [-0.39, 0.29) is 72.4 Å². The van der Waals surface area contributed by atoms with Gasteiger partial charge in [0.1, 0.15) is 16.6 Å². The molecule has 39 heteroatoms. The minimum Gasteiger partial charge on any atom is -0.424 e. The van der Waals surface area contributed by atoms with Gasteiger partial charge in [-0.2, -0.15) is 15.0 Å². The van der Waals surface area contributed by atoms with Crippen LogP contribution in [0.1, 0.15) is 117 Å². The van der Waals surface area contributed by atoms with Crippen LogP contribution in [0.4, 0.5) is 35.5 Å². The van der Waals surface area contributed by atoms with E-state index in [0.29, 0.717) is 67.1 Å². The summed E-state index contributed by atoms with van der Waals surface area (Å²) in [7, 11) is -3.98. The van der Waals surface area contributed by atoms with Crippen molar-refractivity contribution < 1.29 is 99.3 Å². The standard InChI is InChI=1S/C16H21BN2O3.C15H19BN2O4.C14H19BN2O3.2C9H9BN2O4.C7H7BN2O3/c1-15(2)16(3,4)22-17(21-15)10-5-8-13-12(9-10)14(19-20-13)18-11-6-7-11;1-9(19)17-13-11-7-6-10(8-12(11)20-18-13)16-21-14(2,3)15(4,5)22-16;1-13(2)14(3,4)20-15(19-13)9-6-7-11-10(8-9)12(16-5)17-18-11;1-5(13)11-9-12-7-4-6(10(14)15)2-3-8(7)16-9;1-5(13)11-9-12-7-3-2-6(10(14)15)4-8(7)16-9;9-7-10-5-2-1-4(8(11)12)3-6(5)13-7/h5,8-9,11H,6-7H2,1-4H3,(H,18,19);6-8H,1-5H3,(H,17,18,19);6-8H,1-5H3,(H,16,17);2*2-4,14-15H,1H3,(H,11,12,13);1-3,11-12H,(H2,9,10). The van der Waals surface area contributed by atoms with E-state index < -0.39 is 39.7 Å². The van der Waals surface area contributed by atoms with Crippen LogP contribution in [0.5, 0.6) is 0 Å².